The third-order valence-electron chi connectivity index (χ3n) is 7.02. The fourth-order valence-corrected chi connectivity index (χ4v) is 5.58. The summed E-state index contributed by atoms with van der Waals surface area (Å²) in [5.74, 6) is 2.74. The molecule has 26 heavy (non-hydrogen) atoms. The number of hydrogen-bond donors (Lipinski definition) is 1. The Morgan fingerprint density at radius 3 is 2.58 bits per heavy atom. The number of carbonyl (C=O) groups excluding carboxylic acids is 1. The van der Waals surface area contributed by atoms with Crippen molar-refractivity contribution in [2.75, 3.05) is 37.6 Å². The molecule has 2 aliphatic carbocycles. The van der Waals surface area contributed by atoms with Gasteiger partial charge in [-0.3, -0.25) is 9.69 Å². The second-order valence-corrected chi connectivity index (χ2v) is 8.74. The second kappa shape index (κ2) is 7.59. The lowest BCUT2D eigenvalue weighted by Gasteiger charge is -2.37. The zero-order chi connectivity index (χ0) is 18.1. The van der Waals surface area contributed by atoms with Gasteiger partial charge in [0.25, 0.3) is 0 Å². The van der Waals surface area contributed by atoms with Crippen molar-refractivity contribution in [2.45, 2.75) is 45.6 Å². The van der Waals surface area contributed by atoms with Gasteiger partial charge in [0, 0.05) is 37.9 Å². The SMILES string of the molecule is Cc1ccccc1N1CCN(CC(=O)N[C@H](C)[C@H]2C[C@H]3CC[C@H]2C3)CC1. The number of benzene rings is 1. The van der Waals surface area contributed by atoms with Crippen molar-refractivity contribution in [1.82, 2.24) is 10.2 Å². The molecule has 0 aromatic heterocycles. The minimum absolute atomic E-state index is 0.213. The van der Waals surface area contributed by atoms with Crippen LogP contribution in [0.3, 0.4) is 0 Å². The highest BCUT2D eigenvalue weighted by atomic mass is 16.2. The van der Waals surface area contributed by atoms with Gasteiger partial charge in [-0.2, -0.15) is 0 Å². The molecule has 4 rings (SSSR count). The van der Waals surface area contributed by atoms with E-state index in [2.05, 4.69) is 53.2 Å². The fraction of sp³-hybridized carbons (Fsp3) is 0.682. The van der Waals surface area contributed by atoms with E-state index in [0.717, 1.165) is 43.9 Å². The summed E-state index contributed by atoms with van der Waals surface area (Å²) in [7, 11) is 0. The maximum atomic E-state index is 12.5. The van der Waals surface area contributed by atoms with Crippen LogP contribution in [0, 0.1) is 24.7 Å². The van der Waals surface area contributed by atoms with Crippen LogP contribution in [-0.4, -0.2) is 49.6 Å². The van der Waals surface area contributed by atoms with Crippen molar-refractivity contribution >= 4 is 11.6 Å². The first kappa shape index (κ1) is 17.8. The lowest BCUT2D eigenvalue weighted by molar-refractivity contribution is -0.123. The molecule has 1 saturated heterocycles. The standard InChI is InChI=1S/C22H33N3O/c1-16-5-3-4-6-21(16)25-11-9-24(10-12-25)15-22(26)23-17(2)20-14-18-7-8-19(20)13-18/h3-6,17-20H,7-15H2,1-2H3,(H,23,26)/t17-,18+,19+,20-/m1/s1. The molecule has 1 aromatic carbocycles. The van der Waals surface area contributed by atoms with Crippen LogP contribution in [0.1, 0.15) is 38.2 Å². The van der Waals surface area contributed by atoms with Gasteiger partial charge in [-0.1, -0.05) is 24.6 Å². The number of carbonyl (C=O) groups is 1. The van der Waals surface area contributed by atoms with Gasteiger partial charge in [0.1, 0.15) is 0 Å². The molecule has 1 amide bonds. The summed E-state index contributed by atoms with van der Waals surface area (Å²) in [5.41, 5.74) is 2.67. The first-order valence-electron chi connectivity index (χ1n) is 10.4. The number of rotatable bonds is 5. The van der Waals surface area contributed by atoms with E-state index < -0.39 is 0 Å². The molecular weight excluding hydrogens is 322 g/mol. The number of para-hydroxylation sites is 1. The van der Waals surface area contributed by atoms with Crippen molar-refractivity contribution in [2.24, 2.45) is 17.8 Å². The van der Waals surface area contributed by atoms with Gasteiger partial charge in [-0.15, -0.1) is 0 Å². The van der Waals surface area contributed by atoms with Crippen LogP contribution in [0.2, 0.25) is 0 Å². The zero-order valence-electron chi connectivity index (χ0n) is 16.3. The molecule has 1 heterocycles. The summed E-state index contributed by atoms with van der Waals surface area (Å²) < 4.78 is 0. The first-order valence-corrected chi connectivity index (χ1v) is 10.4. The monoisotopic (exact) mass is 355 g/mol. The average molecular weight is 356 g/mol. The molecule has 4 heteroatoms. The Kier molecular flexibility index (Phi) is 5.21. The second-order valence-electron chi connectivity index (χ2n) is 8.74. The van der Waals surface area contributed by atoms with E-state index in [9.17, 15) is 4.79 Å². The van der Waals surface area contributed by atoms with Crippen LogP contribution in [0.5, 0.6) is 0 Å². The molecule has 3 aliphatic rings. The molecular formula is C22H33N3O. The number of hydrogen-bond acceptors (Lipinski definition) is 3. The summed E-state index contributed by atoms with van der Waals surface area (Å²) in [6.45, 7) is 8.87. The van der Waals surface area contributed by atoms with E-state index in [1.54, 1.807) is 0 Å². The third kappa shape index (κ3) is 3.75. The quantitative estimate of drug-likeness (QED) is 0.882. The summed E-state index contributed by atoms with van der Waals surface area (Å²) >= 11 is 0. The third-order valence-corrected chi connectivity index (χ3v) is 7.02. The molecule has 1 aliphatic heterocycles. The lowest BCUT2D eigenvalue weighted by atomic mass is 9.84. The van der Waals surface area contributed by atoms with Gasteiger partial charge < -0.3 is 10.2 Å². The summed E-state index contributed by atoms with van der Waals surface area (Å²) in [5, 5.41) is 3.31. The molecule has 142 valence electrons. The maximum Gasteiger partial charge on any atom is 0.234 e. The lowest BCUT2D eigenvalue weighted by Crippen LogP contribution is -2.51. The molecule has 0 unspecified atom stereocenters. The predicted molar refractivity (Wildman–Crippen MR) is 106 cm³/mol. The number of nitrogens with one attached hydrogen (secondary N) is 1. The van der Waals surface area contributed by atoms with Crippen molar-refractivity contribution in [3.05, 3.63) is 29.8 Å². The number of aryl methyl sites for hydroxylation is 1. The smallest absolute Gasteiger partial charge is 0.234 e. The Hall–Kier alpha value is -1.55. The number of amides is 1. The highest BCUT2D eigenvalue weighted by molar-refractivity contribution is 5.78. The summed E-state index contributed by atoms with van der Waals surface area (Å²) in [6.07, 6.45) is 5.55. The molecule has 0 radical (unpaired) electrons. The number of piperazine rings is 1. The maximum absolute atomic E-state index is 12.5. The minimum atomic E-state index is 0.213. The van der Waals surface area contributed by atoms with E-state index in [4.69, 9.17) is 0 Å². The Morgan fingerprint density at radius 2 is 1.92 bits per heavy atom. The summed E-state index contributed by atoms with van der Waals surface area (Å²) in [4.78, 5) is 17.3. The van der Waals surface area contributed by atoms with Crippen molar-refractivity contribution in [3.63, 3.8) is 0 Å². The van der Waals surface area contributed by atoms with E-state index in [0.29, 0.717) is 12.6 Å². The average Bonchev–Trinajstić information content (AvgIpc) is 3.26. The van der Waals surface area contributed by atoms with Crippen LogP contribution in [-0.2, 0) is 4.79 Å². The molecule has 2 saturated carbocycles. The molecule has 4 nitrogen and oxygen atoms in total. The molecule has 3 fully saturated rings. The highest BCUT2D eigenvalue weighted by Crippen LogP contribution is 2.49. The zero-order valence-corrected chi connectivity index (χ0v) is 16.3. The highest BCUT2D eigenvalue weighted by Gasteiger charge is 2.42. The first-order chi connectivity index (χ1) is 12.6. The topological polar surface area (TPSA) is 35.6 Å². The number of anilines is 1. The molecule has 2 bridgehead atoms. The van der Waals surface area contributed by atoms with Crippen LogP contribution in [0.25, 0.3) is 0 Å². The molecule has 0 spiro atoms. The van der Waals surface area contributed by atoms with Crippen LogP contribution in [0.4, 0.5) is 5.69 Å². The van der Waals surface area contributed by atoms with Crippen molar-refractivity contribution in [1.29, 1.82) is 0 Å². The van der Waals surface area contributed by atoms with Gasteiger partial charge in [-0.05, 0) is 62.5 Å². The van der Waals surface area contributed by atoms with E-state index >= 15 is 0 Å². The molecule has 1 aromatic rings. The Labute approximate surface area is 157 Å². The van der Waals surface area contributed by atoms with Crippen molar-refractivity contribution < 1.29 is 4.79 Å². The van der Waals surface area contributed by atoms with Gasteiger partial charge >= 0.3 is 0 Å². The predicted octanol–water partition coefficient (Wildman–Crippen LogP) is 3.06. The molecule has 4 atom stereocenters. The fourth-order valence-electron chi connectivity index (χ4n) is 5.58. The van der Waals surface area contributed by atoms with Crippen LogP contribution in [0.15, 0.2) is 24.3 Å². The molecule has 1 N–H and O–H groups in total. The van der Waals surface area contributed by atoms with E-state index in [1.165, 1.54) is 36.9 Å². The number of fused-ring (bicyclic) bond motifs is 2. The van der Waals surface area contributed by atoms with Crippen LogP contribution < -0.4 is 10.2 Å². The van der Waals surface area contributed by atoms with Crippen LogP contribution >= 0.6 is 0 Å². The summed E-state index contributed by atoms with van der Waals surface area (Å²) in [6, 6.07) is 8.92. The van der Waals surface area contributed by atoms with E-state index in [1.807, 2.05) is 0 Å². The largest absolute Gasteiger partial charge is 0.369 e. The van der Waals surface area contributed by atoms with Gasteiger partial charge in [-0.25, -0.2) is 0 Å². The minimum Gasteiger partial charge on any atom is -0.369 e. The number of nitrogens with zero attached hydrogens (tertiary/aromatic N) is 2. The van der Waals surface area contributed by atoms with Crippen molar-refractivity contribution in [3.8, 4) is 0 Å². The van der Waals surface area contributed by atoms with Gasteiger partial charge in [0.2, 0.25) is 5.91 Å². The van der Waals surface area contributed by atoms with Gasteiger partial charge in [0.15, 0.2) is 0 Å². The van der Waals surface area contributed by atoms with Gasteiger partial charge in [0.05, 0.1) is 6.54 Å². The Balaban J connectivity index is 1.23. The van der Waals surface area contributed by atoms with E-state index in [-0.39, 0.29) is 5.91 Å². The Bertz CT molecular complexity index is 638. The Morgan fingerprint density at radius 1 is 1.15 bits per heavy atom. The normalized spacial score (nSPS) is 29.8.